The van der Waals surface area contributed by atoms with E-state index in [0.717, 1.165) is 6.42 Å². The largest absolute Gasteiger partial charge is 0.490 e. The van der Waals surface area contributed by atoms with Crippen molar-refractivity contribution in [2.24, 2.45) is 0 Å². The number of benzene rings is 2. The van der Waals surface area contributed by atoms with Crippen LogP contribution >= 0.6 is 11.6 Å². The van der Waals surface area contributed by atoms with Gasteiger partial charge in [0.1, 0.15) is 6.29 Å². The first kappa shape index (κ1) is 18.8. The van der Waals surface area contributed by atoms with Crippen molar-refractivity contribution in [3.8, 4) is 11.5 Å². The van der Waals surface area contributed by atoms with Crippen LogP contribution in [0.25, 0.3) is 0 Å². The van der Waals surface area contributed by atoms with Crippen LogP contribution in [0.4, 0.5) is 5.69 Å². The minimum absolute atomic E-state index is 0.216. The summed E-state index contributed by atoms with van der Waals surface area (Å²) in [5, 5.41) is 2.97. The van der Waals surface area contributed by atoms with E-state index in [4.69, 9.17) is 21.1 Å². The molecular weight excluding hydrogens is 342 g/mol. The van der Waals surface area contributed by atoms with Gasteiger partial charge in [0, 0.05) is 11.3 Å². The number of amides is 1. The molecule has 0 unspecified atom stereocenters. The molecule has 0 spiro atoms. The molecular formula is C19H20ClNO4. The summed E-state index contributed by atoms with van der Waals surface area (Å²) in [5.41, 5.74) is 2.26. The summed E-state index contributed by atoms with van der Waals surface area (Å²) in [6, 6.07) is 10.6. The number of aryl methyl sites for hydroxylation is 1. The molecule has 2 aromatic carbocycles. The second-order valence-corrected chi connectivity index (χ2v) is 5.68. The van der Waals surface area contributed by atoms with Crippen LogP contribution in [-0.4, -0.2) is 25.4 Å². The summed E-state index contributed by atoms with van der Waals surface area (Å²) in [7, 11) is 0. The van der Waals surface area contributed by atoms with Gasteiger partial charge in [0.25, 0.3) is 5.91 Å². The van der Waals surface area contributed by atoms with Gasteiger partial charge in [-0.2, -0.15) is 0 Å². The van der Waals surface area contributed by atoms with Gasteiger partial charge in [-0.3, -0.25) is 9.59 Å². The highest BCUT2D eigenvalue weighted by Crippen LogP contribution is 2.36. The fourth-order valence-electron chi connectivity index (χ4n) is 2.22. The molecule has 2 rings (SSSR count). The quantitative estimate of drug-likeness (QED) is 0.718. The first-order valence-electron chi connectivity index (χ1n) is 8.00. The number of carbonyl (C=O) groups excluding carboxylic acids is 2. The zero-order chi connectivity index (χ0) is 18.2. The summed E-state index contributed by atoms with van der Waals surface area (Å²) in [4.78, 5) is 23.0. The molecule has 6 heteroatoms. The van der Waals surface area contributed by atoms with Gasteiger partial charge in [0.05, 0.1) is 11.6 Å². The predicted molar refractivity (Wildman–Crippen MR) is 98.0 cm³/mol. The van der Waals surface area contributed by atoms with Crippen LogP contribution in [0.3, 0.4) is 0 Å². The Bertz CT molecular complexity index is 744. The Labute approximate surface area is 151 Å². The fourth-order valence-corrected chi connectivity index (χ4v) is 2.49. The molecule has 5 nitrogen and oxygen atoms in total. The van der Waals surface area contributed by atoms with E-state index < -0.39 is 0 Å². The van der Waals surface area contributed by atoms with Gasteiger partial charge in [-0.1, -0.05) is 30.7 Å². The Balaban J connectivity index is 2.04. The average molecular weight is 362 g/mol. The van der Waals surface area contributed by atoms with Crippen molar-refractivity contribution in [1.82, 2.24) is 0 Å². The smallest absolute Gasteiger partial charge is 0.262 e. The highest BCUT2D eigenvalue weighted by molar-refractivity contribution is 6.32. The van der Waals surface area contributed by atoms with Crippen LogP contribution in [0.5, 0.6) is 11.5 Å². The fraction of sp³-hybridized carbons (Fsp3) is 0.263. The number of halogens is 1. The third-order valence-electron chi connectivity index (χ3n) is 3.46. The Morgan fingerprint density at radius 3 is 2.48 bits per heavy atom. The highest BCUT2D eigenvalue weighted by atomic mass is 35.5. The van der Waals surface area contributed by atoms with E-state index >= 15 is 0 Å². The summed E-state index contributed by atoms with van der Waals surface area (Å²) >= 11 is 6.13. The summed E-state index contributed by atoms with van der Waals surface area (Å²) in [6.07, 6.45) is 1.61. The van der Waals surface area contributed by atoms with Crippen LogP contribution in [0.1, 0.15) is 29.8 Å². The van der Waals surface area contributed by atoms with Crippen molar-refractivity contribution in [2.45, 2.75) is 20.3 Å². The molecule has 0 heterocycles. The number of anilines is 1. The lowest BCUT2D eigenvalue weighted by molar-refractivity contribution is -0.118. The molecule has 2 aromatic rings. The number of hydrogen-bond donors (Lipinski definition) is 1. The van der Waals surface area contributed by atoms with Crippen molar-refractivity contribution in [1.29, 1.82) is 0 Å². The second kappa shape index (κ2) is 9.08. The van der Waals surface area contributed by atoms with Crippen LogP contribution in [0.2, 0.25) is 5.02 Å². The molecule has 1 amide bonds. The summed E-state index contributed by atoms with van der Waals surface area (Å²) in [5.74, 6) is 0.255. The van der Waals surface area contributed by atoms with Gasteiger partial charge in [0.15, 0.2) is 18.1 Å². The first-order valence-corrected chi connectivity index (χ1v) is 8.38. The van der Waals surface area contributed by atoms with E-state index in [0.29, 0.717) is 29.9 Å². The predicted octanol–water partition coefficient (Wildman–Crippen LogP) is 4.13. The monoisotopic (exact) mass is 361 g/mol. The molecule has 25 heavy (non-hydrogen) atoms. The van der Waals surface area contributed by atoms with Gasteiger partial charge < -0.3 is 14.8 Å². The highest BCUT2D eigenvalue weighted by Gasteiger charge is 2.14. The van der Waals surface area contributed by atoms with Crippen LogP contribution < -0.4 is 14.8 Å². The molecule has 0 aliphatic carbocycles. The van der Waals surface area contributed by atoms with Gasteiger partial charge in [0.2, 0.25) is 0 Å². The molecule has 0 radical (unpaired) electrons. The lowest BCUT2D eigenvalue weighted by atomic mass is 10.1. The average Bonchev–Trinajstić information content (AvgIpc) is 2.61. The topological polar surface area (TPSA) is 64.6 Å². The lowest BCUT2D eigenvalue weighted by Gasteiger charge is -2.14. The minimum atomic E-state index is -0.317. The molecule has 0 aliphatic rings. The van der Waals surface area contributed by atoms with Crippen LogP contribution in [0.15, 0.2) is 36.4 Å². The molecule has 132 valence electrons. The molecule has 0 aliphatic heterocycles. The van der Waals surface area contributed by atoms with Crippen molar-refractivity contribution >= 4 is 29.5 Å². The molecule has 0 atom stereocenters. The third-order valence-corrected chi connectivity index (χ3v) is 3.74. The zero-order valence-corrected chi connectivity index (χ0v) is 14.9. The summed E-state index contributed by atoms with van der Waals surface area (Å²) < 4.78 is 11.0. The molecule has 0 bridgehead atoms. The standard InChI is InChI=1S/C19H20ClNO4/c1-3-13-5-7-15(8-6-13)21-18(23)12-25-19-16(20)9-14(11-22)10-17(19)24-4-2/h5-11H,3-4,12H2,1-2H3,(H,21,23). The number of aldehydes is 1. The summed E-state index contributed by atoms with van der Waals surface area (Å²) in [6.45, 7) is 4.02. The van der Waals surface area contributed by atoms with Gasteiger partial charge in [-0.05, 0) is 43.2 Å². The Morgan fingerprint density at radius 1 is 1.16 bits per heavy atom. The van der Waals surface area contributed by atoms with E-state index in [1.165, 1.54) is 17.7 Å². The number of hydrogen-bond acceptors (Lipinski definition) is 4. The normalized spacial score (nSPS) is 10.2. The van der Waals surface area contributed by atoms with Gasteiger partial charge in [-0.25, -0.2) is 0 Å². The minimum Gasteiger partial charge on any atom is -0.490 e. The Kier molecular flexibility index (Phi) is 6.83. The molecule has 0 saturated carbocycles. The van der Waals surface area contributed by atoms with E-state index in [1.807, 2.05) is 24.3 Å². The van der Waals surface area contributed by atoms with Crippen molar-refractivity contribution in [3.05, 3.63) is 52.5 Å². The maximum absolute atomic E-state index is 12.1. The van der Waals surface area contributed by atoms with Crippen molar-refractivity contribution in [2.75, 3.05) is 18.5 Å². The SMILES string of the molecule is CCOc1cc(C=O)cc(Cl)c1OCC(=O)Nc1ccc(CC)cc1. The van der Waals surface area contributed by atoms with Crippen LogP contribution in [0, 0.1) is 0 Å². The number of rotatable bonds is 8. The maximum atomic E-state index is 12.1. The molecule has 1 N–H and O–H groups in total. The first-order chi connectivity index (χ1) is 12.1. The van der Waals surface area contributed by atoms with Crippen molar-refractivity contribution < 1.29 is 19.1 Å². The Hall–Kier alpha value is -2.53. The van der Waals surface area contributed by atoms with E-state index in [2.05, 4.69) is 12.2 Å². The van der Waals surface area contributed by atoms with Crippen molar-refractivity contribution in [3.63, 3.8) is 0 Å². The van der Waals surface area contributed by atoms with Gasteiger partial charge >= 0.3 is 0 Å². The maximum Gasteiger partial charge on any atom is 0.262 e. The second-order valence-electron chi connectivity index (χ2n) is 5.27. The Morgan fingerprint density at radius 2 is 1.88 bits per heavy atom. The van der Waals surface area contributed by atoms with E-state index in [9.17, 15) is 9.59 Å². The molecule has 0 fully saturated rings. The van der Waals surface area contributed by atoms with E-state index in [1.54, 1.807) is 6.92 Å². The molecule has 0 saturated heterocycles. The zero-order valence-electron chi connectivity index (χ0n) is 14.2. The van der Waals surface area contributed by atoms with Crippen LogP contribution in [-0.2, 0) is 11.2 Å². The number of ether oxygens (including phenoxy) is 2. The number of nitrogens with one attached hydrogen (secondary N) is 1. The third kappa shape index (κ3) is 5.22. The van der Waals surface area contributed by atoms with E-state index in [-0.39, 0.29) is 23.3 Å². The van der Waals surface area contributed by atoms with Gasteiger partial charge in [-0.15, -0.1) is 0 Å². The lowest BCUT2D eigenvalue weighted by Crippen LogP contribution is -2.20. The number of carbonyl (C=O) groups is 2. The molecule has 0 aromatic heterocycles.